The predicted molar refractivity (Wildman–Crippen MR) is 72.5 cm³/mol. The third-order valence-electron chi connectivity index (χ3n) is 3.77. The van der Waals surface area contributed by atoms with E-state index in [9.17, 15) is 5.11 Å². The molecule has 0 aromatic carbocycles. The molecule has 0 saturated carbocycles. The van der Waals surface area contributed by atoms with Gasteiger partial charge >= 0.3 is 0 Å². The Hall–Kier alpha value is -1.16. The van der Waals surface area contributed by atoms with Crippen molar-refractivity contribution in [1.29, 1.82) is 0 Å². The van der Waals surface area contributed by atoms with E-state index in [0.717, 1.165) is 30.3 Å². The standard InChI is InChI=1S/C14H23N3O/c1-11-15-9-12(10-18)13(16-11)17-7-4-5-14(2,3)6-8-17/h9,18H,4-8,10H2,1-3H3. The molecule has 1 N–H and O–H groups in total. The number of rotatable bonds is 2. The molecule has 0 radical (unpaired) electrons. The minimum absolute atomic E-state index is 0.00943. The summed E-state index contributed by atoms with van der Waals surface area (Å²) in [6.45, 7) is 8.59. The van der Waals surface area contributed by atoms with Crippen LogP contribution in [-0.4, -0.2) is 28.2 Å². The first-order chi connectivity index (χ1) is 8.52. The fourth-order valence-electron chi connectivity index (χ4n) is 2.50. The van der Waals surface area contributed by atoms with Crippen molar-refractivity contribution in [2.45, 2.75) is 46.6 Å². The Morgan fingerprint density at radius 2 is 2.11 bits per heavy atom. The molecule has 0 bridgehead atoms. The van der Waals surface area contributed by atoms with Crippen LogP contribution in [0.25, 0.3) is 0 Å². The summed E-state index contributed by atoms with van der Waals surface area (Å²) in [7, 11) is 0. The lowest BCUT2D eigenvalue weighted by Gasteiger charge is -2.25. The number of aliphatic hydroxyl groups is 1. The van der Waals surface area contributed by atoms with E-state index in [1.54, 1.807) is 6.20 Å². The van der Waals surface area contributed by atoms with Crippen LogP contribution in [0.1, 0.15) is 44.5 Å². The first-order valence-electron chi connectivity index (χ1n) is 6.70. The molecule has 100 valence electrons. The normalized spacial score (nSPS) is 19.7. The number of anilines is 1. The van der Waals surface area contributed by atoms with Gasteiger partial charge in [0, 0.05) is 24.8 Å². The van der Waals surface area contributed by atoms with Gasteiger partial charge in [-0.3, -0.25) is 0 Å². The summed E-state index contributed by atoms with van der Waals surface area (Å²) in [4.78, 5) is 11.0. The highest BCUT2D eigenvalue weighted by Crippen LogP contribution is 2.31. The van der Waals surface area contributed by atoms with Crippen molar-refractivity contribution in [3.8, 4) is 0 Å². The quantitative estimate of drug-likeness (QED) is 0.873. The lowest BCUT2D eigenvalue weighted by atomic mass is 9.85. The Labute approximate surface area is 109 Å². The van der Waals surface area contributed by atoms with E-state index in [-0.39, 0.29) is 6.61 Å². The summed E-state index contributed by atoms with van der Waals surface area (Å²) in [5.74, 6) is 1.69. The summed E-state index contributed by atoms with van der Waals surface area (Å²) in [5, 5.41) is 9.41. The summed E-state index contributed by atoms with van der Waals surface area (Å²) >= 11 is 0. The molecule has 1 fully saturated rings. The average Bonchev–Trinajstić information content (AvgIpc) is 2.50. The molecule has 2 rings (SSSR count). The van der Waals surface area contributed by atoms with Crippen LogP contribution in [0.2, 0.25) is 0 Å². The predicted octanol–water partition coefficient (Wildman–Crippen LogP) is 2.29. The van der Waals surface area contributed by atoms with E-state index >= 15 is 0 Å². The second-order valence-corrected chi connectivity index (χ2v) is 5.93. The highest BCUT2D eigenvalue weighted by molar-refractivity contribution is 5.46. The Bertz CT molecular complexity index is 418. The smallest absolute Gasteiger partial charge is 0.137 e. The van der Waals surface area contributed by atoms with E-state index in [1.165, 1.54) is 19.3 Å². The third kappa shape index (κ3) is 2.99. The van der Waals surface area contributed by atoms with Crippen LogP contribution >= 0.6 is 0 Å². The van der Waals surface area contributed by atoms with Gasteiger partial charge in [-0.05, 0) is 31.6 Å². The maximum absolute atomic E-state index is 9.41. The fraction of sp³-hybridized carbons (Fsp3) is 0.714. The number of aryl methyl sites for hydroxylation is 1. The van der Waals surface area contributed by atoms with Gasteiger partial charge in [0.1, 0.15) is 11.6 Å². The molecule has 0 aliphatic carbocycles. The van der Waals surface area contributed by atoms with Crippen LogP contribution < -0.4 is 4.90 Å². The molecule has 1 saturated heterocycles. The van der Waals surface area contributed by atoms with Crippen LogP contribution in [0.3, 0.4) is 0 Å². The topological polar surface area (TPSA) is 49.3 Å². The van der Waals surface area contributed by atoms with Crippen molar-refractivity contribution in [2.75, 3.05) is 18.0 Å². The molecule has 18 heavy (non-hydrogen) atoms. The molecule has 1 aromatic rings. The third-order valence-corrected chi connectivity index (χ3v) is 3.77. The van der Waals surface area contributed by atoms with Crippen molar-refractivity contribution in [3.63, 3.8) is 0 Å². The van der Waals surface area contributed by atoms with E-state index in [4.69, 9.17) is 0 Å². The monoisotopic (exact) mass is 249 g/mol. The lowest BCUT2D eigenvalue weighted by molar-refractivity contribution is 0.281. The van der Waals surface area contributed by atoms with Gasteiger partial charge in [0.25, 0.3) is 0 Å². The molecule has 0 spiro atoms. The average molecular weight is 249 g/mol. The number of aromatic nitrogens is 2. The van der Waals surface area contributed by atoms with Crippen LogP contribution in [0.15, 0.2) is 6.20 Å². The summed E-state index contributed by atoms with van der Waals surface area (Å²) in [6, 6.07) is 0. The maximum Gasteiger partial charge on any atom is 0.137 e. The van der Waals surface area contributed by atoms with Gasteiger partial charge in [-0.25, -0.2) is 9.97 Å². The van der Waals surface area contributed by atoms with Crippen molar-refractivity contribution in [1.82, 2.24) is 9.97 Å². The molecular formula is C14H23N3O. The molecule has 1 aliphatic heterocycles. The Balaban J connectivity index is 2.23. The molecule has 1 aliphatic rings. The zero-order valence-electron chi connectivity index (χ0n) is 11.6. The SMILES string of the molecule is Cc1ncc(CO)c(N2CCCC(C)(C)CC2)n1. The van der Waals surface area contributed by atoms with E-state index in [0.29, 0.717) is 5.41 Å². The van der Waals surface area contributed by atoms with Gasteiger partial charge in [-0.1, -0.05) is 13.8 Å². The number of nitrogens with zero attached hydrogens (tertiary/aromatic N) is 3. The van der Waals surface area contributed by atoms with Gasteiger partial charge in [-0.15, -0.1) is 0 Å². The van der Waals surface area contributed by atoms with Gasteiger partial charge in [0.2, 0.25) is 0 Å². The molecule has 1 aromatic heterocycles. The van der Waals surface area contributed by atoms with Crippen LogP contribution in [0, 0.1) is 12.3 Å². The Morgan fingerprint density at radius 1 is 1.33 bits per heavy atom. The van der Waals surface area contributed by atoms with Crippen LogP contribution in [-0.2, 0) is 6.61 Å². The minimum atomic E-state index is 0.00943. The molecule has 4 heteroatoms. The zero-order chi connectivity index (χ0) is 13.2. The molecule has 4 nitrogen and oxygen atoms in total. The second kappa shape index (κ2) is 5.22. The maximum atomic E-state index is 9.41. The lowest BCUT2D eigenvalue weighted by Crippen LogP contribution is -2.27. The fourth-order valence-corrected chi connectivity index (χ4v) is 2.50. The summed E-state index contributed by atoms with van der Waals surface area (Å²) in [5.41, 5.74) is 1.25. The molecule has 0 amide bonds. The zero-order valence-corrected chi connectivity index (χ0v) is 11.6. The summed E-state index contributed by atoms with van der Waals surface area (Å²) < 4.78 is 0. The number of hydrogen-bond donors (Lipinski definition) is 1. The second-order valence-electron chi connectivity index (χ2n) is 5.93. The molecule has 0 atom stereocenters. The first-order valence-corrected chi connectivity index (χ1v) is 6.70. The van der Waals surface area contributed by atoms with E-state index in [1.807, 2.05) is 6.92 Å². The highest BCUT2D eigenvalue weighted by atomic mass is 16.3. The molecule has 0 unspecified atom stereocenters. The van der Waals surface area contributed by atoms with Gasteiger partial charge in [0.15, 0.2) is 0 Å². The van der Waals surface area contributed by atoms with E-state index < -0.39 is 0 Å². The Kier molecular flexibility index (Phi) is 3.85. The van der Waals surface area contributed by atoms with Crippen LogP contribution in [0.4, 0.5) is 5.82 Å². The first kappa shape index (κ1) is 13.3. The van der Waals surface area contributed by atoms with Gasteiger partial charge < -0.3 is 10.0 Å². The van der Waals surface area contributed by atoms with Crippen molar-refractivity contribution >= 4 is 5.82 Å². The van der Waals surface area contributed by atoms with E-state index in [2.05, 4.69) is 28.7 Å². The Morgan fingerprint density at radius 3 is 2.83 bits per heavy atom. The van der Waals surface area contributed by atoms with Crippen molar-refractivity contribution in [3.05, 3.63) is 17.6 Å². The minimum Gasteiger partial charge on any atom is -0.391 e. The van der Waals surface area contributed by atoms with Gasteiger partial charge in [0.05, 0.1) is 6.61 Å². The summed E-state index contributed by atoms with van der Waals surface area (Å²) in [6.07, 6.45) is 5.34. The molecule has 2 heterocycles. The number of aliphatic hydroxyl groups excluding tert-OH is 1. The molecular weight excluding hydrogens is 226 g/mol. The van der Waals surface area contributed by atoms with Crippen molar-refractivity contribution in [2.24, 2.45) is 5.41 Å². The van der Waals surface area contributed by atoms with Crippen LogP contribution in [0.5, 0.6) is 0 Å². The highest BCUT2D eigenvalue weighted by Gasteiger charge is 2.24. The number of hydrogen-bond acceptors (Lipinski definition) is 4. The largest absolute Gasteiger partial charge is 0.391 e. The van der Waals surface area contributed by atoms with Gasteiger partial charge in [-0.2, -0.15) is 0 Å². The van der Waals surface area contributed by atoms with Crippen molar-refractivity contribution < 1.29 is 5.11 Å².